The Morgan fingerprint density at radius 3 is 1.07 bits per heavy atom. The van der Waals surface area contributed by atoms with Crippen molar-refractivity contribution in [2.75, 3.05) is 40.9 Å². The highest BCUT2D eigenvalue weighted by Crippen LogP contribution is 2.43. The lowest BCUT2D eigenvalue weighted by atomic mass is 10.0. The van der Waals surface area contributed by atoms with Gasteiger partial charge in [-0.25, -0.2) is 4.57 Å². The maximum absolute atomic E-state index is 13.0. The Hall–Kier alpha value is -3.62. The van der Waals surface area contributed by atoms with Crippen LogP contribution in [0, 0.1) is 0 Å². The smallest absolute Gasteiger partial charge is 0.391 e. The van der Waals surface area contributed by atoms with Gasteiger partial charge in [0.05, 0.1) is 39.9 Å². The number of carbonyl (C=O) groups excluding carboxylic acids is 1. The summed E-state index contributed by atoms with van der Waals surface area (Å²) in [6.45, 7) is 4.76. The first-order chi connectivity index (χ1) is 40.0. The number of likely N-dealkylation sites (N-methyl/N-ethyl adjacent to an activating group) is 1. The van der Waals surface area contributed by atoms with Gasteiger partial charge in [0.1, 0.15) is 13.2 Å². The number of hydrogen-bond donors (Lipinski definition) is 3. The Labute approximate surface area is 506 Å². The third-order valence-corrected chi connectivity index (χ3v) is 15.1. The predicted octanol–water partition coefficient (Wildman–Crippen LogP) is 21.2. The molecule has 3 unspecified atom stereocenters. The maximum Gasteiger partial charge on any atom is 0.472 e. The molecule has 0 bridgehead atoms. The minimum Gasteiger partial charge on any atom is -0.391 e. The molecule has 3 atom stereocenters. The summed E-state index contributed by atoms with van der Waals surface area (Å²) >= 11 is 0. The second-order valence-electron chi connectivity index (χ2n) is 23.1. The van der Waals surface area contributed by atoms with E-state index in [2.05, 4.69) is 165 Å². The standard InChI is InChI=1S/C73H125N2O6P/c1-6-8-10-12-14-16-18-20-22-24-26-27-28-29-30-31-32-33-34-35-36-37-38-39-40-41-42-43-44-45-46-47-49-51-53-55-57-59-61-63-65-67-73(77)74-71(70-81-82(78,79)80-69-68-75(3,4)5)72(76)66-64-62-60-58-56-54-52-50-48-25-23-21-19-17-15-13-11-9-7-2/h8,10,14,16,20,22,26-27,29-30,32-33,35-36,38-39,41-42,44-45,47,49,53,55,71-72,76H,6-7,9,11-13,15,17-19,21,23-25,28,31,34,37,40,43,46,48,50-52,54,56-70H2,1-5H3,(H-,74,77,78,79)/p+1/b10-8-,16-14-,22-20-,27-26-,30-29-,33-32-,36-35-,39-38-,42-41-,45-44-,49-47-,55-53-. The Balaban J connectivity index is 4.18. The first-order valence-corrected chi connectivity index (χ1v) is 34.7. The Morgan fingerprint density at radius 1 is 0.427 bits per heavy atom. The molecule has 0 saturated heterocycles. The SMILES string of the molecule is CC/C=C\C/C=C\C/C=C\C/C=C\C/C=C\C/C=C\C/C=C\C/C=C\C/C=C\C/C=C\C/C=C\C/C=C\CCCCCCC(=O)NC(COP(=O)(O)OCC[N+](C)(C)C)C(O)CCCCCCCCCCCCCCCCCCCCC. The number of hydrogen-bond acceptors (Lipinski definition) is 5. The molecule has 0 heterocycles. The number of aliphatic hydroxyl groups excluding tert-OH is 1. The normalized spacial score (nSPS) is 14.7. The number of allylic oxidation sites excluding steroid dienone is 24. The fraction of sp³-hybridized carbons (Fsp3) is 0.658. The summed E-state index contributed by atoms with van der Waals surface area (Å²) in [5.41, 5.74) is 0. The summed E-state index contributed by atoms with van der Waals surface area (Å²) < 4.78 is 23.8. The van der Waals surface area contributed by atoms with Gasteiger partial charge in [0.15, 0.2) is 0 Å². The van der Waals surface area contributed by atoms with Gasteiger partial charge in [0, 0.05) is 6.42 Å². The van der Waals surface area contributed by atoms with E-state index in [0.717, 1.165) is 128 Å². The van der Waals surface area contributed by atoms with E-state index in [-0.39, 0.29) is 19.1 Å². The largest absolute Gasteiger partial charge is 0.472 e. The molecular formula is C73H126N2O6P+. The van der Waals surface area contributed by atoms with Gasteiger partial charge in [0.25, 0.3) is 0 Å². The van der Waals surface area contributed by atoms with Crippen molar-refractivity contribution in [3.05, 3.63) is 146 Å². The maximum atomic E-state index is 13.0. The summed E-state index contributed by atoms with van der Waals surface area (Å²) in [5, 5.41) is 14.1. The van der Waals surface area contributed by atoms with Crippen LogP contribution < -0.4 is 5.32 Å². The van der Waals surface area contributed by atoms with E-state index in [4.69, 9.17) is 9.05 Å². The van der Waals surface area contributed by atoms with Crippen molar-refractivity contribution >= 4 is 13.7 Å². The van der Waals surface area contributed by atoms with Crippen molar-refractivity contribution in [1.29, 1.82) is 0 Å². The number of unbranched alkanes of at least 4 members (excludes halogenated alkanes) is 22. The highest BCUT2D eigenvalue weighted by Gasteiger charge is 2.28. The highest BCUT2D eigenvalue weighted by atomic mass is 31.2. The Morgan fingerprint density at radius 2 is 0.732 bits per heavy atom. The van der Waals surface area contributed by atoms with E-state index in [1.807, 2.05) is 21.1 Å². The molecule has 9 heteroatoms. The third kappa shape index (κ3) is 64.0. The molecule has 8 nitrogen and oxygen atoms in total. The van der Waals surface area contributed by atoms with Crippen LogP contribution in [0.5, 0.6) is 0 Å². The van der Waals surface area contributed by atoms with Crippen LogP contribution in [0.2, 0.25) is 0 Å². The zero-order valence-electron chi connectivity index (χ0n) is 53.4. The van der Waals surface area contributed by atoms with E-state index in [9.17, 15) is 19.4 Å². The number of aliphatic hydroxyl groups is 1. The fourth-order valence-electron chi connectivity index (χ4n) is 8.97. The van der Waals surface area contributed by atoms with Crippen LogP contribution in [0.1, 0.15) is 258 Å². The van der Waals surface area contributed by atoms with Gasteiger partial charge < -0.3 is 19.8 Å². The number of phosphoric acid groups is 1. The van der Waals surface area contributed by atoms with Crippen LogP contribution in [0.4, 0.5) is 0 Å². The van der Waals surface area contributed by atoms with Crippen molar-refractivity contribution in [1.82, 2.24) is 5.32 Å². The molecule has 0 saturated carbocycles. The molecule has 468 valence electrons. The molecule has 0 aromatic carbocycles. The summed E-state index contributed by atoms with van der Waals surface area (Å²) in [7, 11) is 1.58. The number of quaternary nitrogens is 1. The van der Waals surface area contributed by atoms with Crippen molar-refractivity contribution < 1.29 is 32.9 Å². The van der Waals surface area contributed by atoms with Crippen LogP contribution in [-0.4, -0.2) is 73.4 Å². The molecule has 3 N–H and O–H groups in total. The quantitative estimate of drug-likeness (QED) is 0.0243. The zero-order chi connectivity index (χ0) is 59.8. The molecule has 0 aromatic rings. The van der Waals surface area contributed by atoms with E-state index in [1.54, 1.807) is 0 Å². The molecule has 0 aromatic heterocycles. The summed E-state index contributed by atoms with van der Waals surface area (Å²) in [4.78, 5) is 23.4. The number of nitrogens with zero attached hydrogens (tertiary/aromatic N) is 1. The molecule has 0 radical (unpaired) electrons. The fourth-order valence-corrected chi connectivity index (χ4v) is 9.71. The summed E-state index contributed by atoms with van der Waals surface area (Å²) in [5.74, 6) is -0.172. The third-order valence-electron chi connectivity index (χ3n) is 14.1. The van der Waals surface area contributed by atoms with E-state index >= 15 is 0 Å². The summed E-state index contributed by atoms with van der Waals surface area (Å²) in [6.07, 6.45) is 95.0. The van der Waals surface area contributed by atoms with Gasteiger partial charge in [-0.1, -0.05) is 295 Å². The molecule has 0 spiro atoms. The highest BCUT2D eigenvalue weighted by molar-refractivity contribution is 7.47. The monoisotopic (exact) mass is 1160 g/mol. The van der Waals surface area contributed by atoms with Crippen molar-refractivity contribution in [3.8, 4) is 0 Å². The predicted molar refractivity (Wildman–Crippen MR) is 359 cm³/mol. The second-order valence-corrected chi connectivity index (χ2v) is 24.6. The number of rotatable bonds is 59. The van der Waals surface area contributed by atoms with Gasteiger partial charge in [-0.2, -0.15) is 0 Å². The average Bonchev–Trinajstić information content (AvgIpc) is 3.47. The van der Waals surface area contributed by atoms with Crippen molar-refractivity contribution in [2.45, 2.75) is 270 Å². The van der Waals surface area contributed by atoms with E-state index in [0.29, 0.717) is 23.9 Å². The second kappa shape index (κ2) is 61.9. The number of amides is 1. The van der Waals surface area contributed by atoms with Crippen LogP contribution in [0.15, 0.2) is 146 Å². The van der Waals surface area contributed by atoms with Crippen LogP contribution in [0.3, 0.4) is 0 Å². The van der Waals surface area contributed by atoms with E-state index < -0.39 is 20.0 Å². The first kappa shape index (κ1) is 78.4. The molecule has 0 aliphatic heterocycles. The number of nitrogens with one attached hydrogen (secondary N) is 1. The molecular weight excluding hydrogens is 1030 g/mol. The minimum absolute atomic E-state index is 0.0623. The molecule has 82 heavy (non-hydrogen) atoms. The Kier molecular flexibility index (Phi) is 59.2. The lowest BCUT2D eigenvalue weighted by Crippen LogP contribution is -2.46. The van der Waals surface area contributed by atoms with Crippen LogP contribution in [-0.2, 0) is 18.4 Å². The average molecular weight is 1160 g/mol. The first-order valence-electron chi connectivity index (χ1n) is 33.2. The Bertz CT molecular complexity index is 1840. The summed E-state index contributed by atoms with van der Waals surface area (Å²) in [6, 6.07) is -0.786. The lowest BCUT2D eigenvalue weighted by Gasteiger charge is -2.26. The van der Waals surface area contributed by atoms with Crippen LogP contribution >= 0.6 is 7.82 Å². The lowest BCUT2D eigenvalue weighted by molar-refractivity contribution is -0.870. The molecule has 0 aliphatic rings. The van der Waals surface area contributed by atoms with E-state index in [1.165, 1.54) is 103 Å². The molecule has 0 rings (SSSR count). The van der Waals surface area contributed by atoms with Gasteiger partial charge >= 0.3 is 7.82 Å². The minimum atomic E-state index is -4.34. The molecule has 1 amide bonds. The van der Waals surface area contributed by atoms with Crippen LogP contribution in [0.25, 0.3) is 0 Å². The molecule has 0 aliphatic carbocycles. The van der Waals surface area contributed by atoms with Gasteiger partial charge in [-0.15, -0.1) is 0 Å². The zero-order valence-corrected chi connectivity index (χ0v) is 54.3. The number of phosphoric ester groups is 1. The van der Waals surface area contributed by atoms with Gasteiger partial charge in [-0.05, 0) is 103 Å². The van der Waals surface area contributed by atoms with Crippen molar-refractivity contribution in [3.63, 3.8) is 0 Å². The van der Waals surface area contributed by atoms with Gasteiger partial charge in [-0.3, -0.25) is 13.8 Å². The van der Waals surface area contributed by atoms with Crippen molar-refractivity contribution in [2.24, 2.45) is 0 Å². The number of carbonyl (C=O) groups is 1. The van der Waals surface area contributed by atoms with Gasteiger partial charge in [0.2, 0.25) is 5.91 Å². The molecule has 0 fully saturated rings. The topological polar surface area (TPSA) is 105 Å².